The van der Waals surface area contributed by atoms with E-state index in [-0.39, 0.29) is 16.7 Å². The Morgan fingerprint density at radius 2 is 1.53 bits per heavy atom. The third kappa shape index (κ3) is 5.26. The molecule has 0 aromatic heterocycles. The van der Waals surface area contributed by atoms with Gasteiger partial charge in [-0.25, -0.2) is 22.0 Å². The Bertz CT molecular complexity index is 1100. The summed E-state index contributed by atoms with van der Waals surface area (Å²) in [7, 11) is 0. The molecule has 3 aromatic carbocycles. The lowest BCUT2D eigenvalue weighted by molar-refractivity contribution is 0.145. The quantitative estimate of drug-likeness (QED) is 0.305. The summed E-state index contributed by atoms with van der Waals surface area (Å²) in [6, 6.07) is 13.2. The highest BCUT2D eigenvalue weighted by Crippen LogP contribution is 2.33. The van der Waals surface area contributed by atoms with Gasteiger partial charge in [-0.15, -0.1) is 0 Å². The van der Waals surface area contributed by atoms with Gasteiger partial charge in [0.2, 0.25) is 0 Å². The molecule has 168 valence electrons. The highest BCUT2D eigenvalue weighted by Gasteiger charge is 2.20. The van der Waals surface area contributed by atoms with Gasteiger partial charge in [-0.3, -0.25) is 0 Å². The Morgan fingerprint density at radius 1 is 0.812 bits per heavy atom. The second-order valence-electron chi connectivity index (χ2n) is 7.79. The van der Waals surface area contributed by atoms with Crippen LogP contribution in [-0.4, -0.2) is 0 Å². The molecule has 3 rings (SSSR count). The summed E-state index contributed by atoms with van der Waals surface area (Å²) in [6.07, 6.45) is 2.96. The van der Waals surface area contributed by atoms with Crippen LogP contribution < -0.4 is 0 Å². The van der Waals surface area contributed by atoms with Crippen molar-refractivity contribution in [2.45, 2.75) is 46.0 Å². The van der Waals surface area contributed by atoms with Crippen molar-refractivity contribution < 1.29 is 22.0 Å². The van der Waals surface area contributed by atoms with E-state index in [0.29, 0.717) is 30.4 Å². The van der Waals surface area contributed by atoms with Crippen LogP contribution in [0.3, 0.4) is 0 Å². The van der Waals surface area contributed by atoms with Gasteiger partial charge in [0.1, 0.15) is 5.82 Å². The first-order valence-electron chi connectivity index (χ1n) is 10.6. The van der Waals surface area contributed by atoms with E-state index in [2.05, 4.69) is 0 Å². The fourth-order valence-electron chi connectivity index (χ4n) is 3.69. The summed E-state index contributed by atoms with van der Waals surface area (Å²) in [4.78, 5) is 0. The highest BCUT2D eigenvalue weighted by atomic mass is 19.3. The zero-order valence-corrected chi connectivity index (χ0v) is 18.1. The highest BCUT2D eigenvalue weighted by molar-refractivity contribution is 5.66. The van der Waals surface area contributed by atoms with E-state index in [1.165, 1.54) is 19.1 Å². The molecular formula is C27H25F5. The molecule has 0 radical (unpaired) electrons. The second-order valence-corrected chi connectivity index (χ2v) is 7.79. The van der Waals surface area contributed by atoms with Gasteiger partial charge in [0.25, 0.3) is 6.43 Å². The van der Waals surface area contributed by atoms with Gasteiger partial charge in [-0.05, 0) is 48.4 Å². The van der Waals surface area contributed by atoms with Crippen molar-refractivity contribution in [1.29, 1.82) is 0 Å². The maximum absolute atomic E-state index is 14.6. The fraction of sp³-hybridized carbons (Fsp3) is 0.259. The van der Waals surface area contributed by atoms with Crippen LogP contribution in [0.2, 0.25) is 0 Å². The van der Waals surface area contributed by atoms with Crippen molar-refractivity contribution in [2.24, 2.45) is 0 Å². The molecule has 32 heavy (non-hydrogen) atoms. The topological polar surface area (TPSA) is 0 Å². The molecule has 0 bridgehead atoms. The van der Waals surface area contributed by atoms with Crippen LogP contribution in [0.15, 0.2) is 54.6 Å². The van der Waals surface area contributed by atoms with Gasteiger partial charge >= 0.3 is 0 Å². The molecular weight excluding hydrogens is 419 g/mol. The summed E-state index contributed by atoms with van der Waals surface area (Å²) >= 11 is 0. The van der Waals surface area contributed by atoms with E-state index >= 15 is 0 Å². The Hall–Kier alpha value is -2.95. The molecule has 0 saturated carbocycles. The van der Waals surface area contributed by atoms with E-state index in [0.717, 1.165) is 12.0 Å². The standard InChI is InChI=1S/C27H25F5/c1-3-6-20-14-15-21(25(29)24(20)28)8-5-4-7-18-10-12-19(13-11-18)22-16-9-17(2)23(26(22)30)27(31)32/h5,8-16,27H,3-4,6-7H2,1-2H3. The van der Waals surface area contributed by atoms with E-state index < -0.39 is 29.4 Å². The van der Waals surface area contributed by atoms with E-state index in [4.69, 9.17) is 0 Å². The minimum atomic E-state index is -2.87. The van der Waals surface area contributed by atoms with Crippen molar-refractivity contribution >= 4 is 6.08 Å². The van der Waals surface area contributed by atoms with Gasteiger partial charge in [0.15, 0.2) is 11.6 Å². The summed E-state index contributed by atoms with van der Waals surface area (Å²) in [5.74, 6) is -2.52. The summed E-state index contributed by atoms with van der Waals surface area (Å²) in [5, 5.41) is 0. The Kier molecular flexibility index (Phi) is 7.84. The van der Waals surface area contributed by atoms with E-state index in [1.807, 2.05) is 19.1 Å². The molecule has 5 heteroatoms. The van der Waals surface area contributed by atoms with Crippen molar-refractivity contribution in [3.8, 4) is 11.1 Å². The number of alkyl halides is 2. The first-order valence-corrected chi connectivity index (χ1v) is 10.6. The molecule has 0 amide bonds. The number of rotatable bonds is 8. The number of halogens is 5. The van der Waals surface area contributed by atoms with Crippen LogP contribution in [0.5, 0.6) is 0 Å². The molecule has 0 aliphatic heterocycles. The fourth-order valence-corrected chi connectivity index (χ4v) is 3.69. The van der Waals surface area contributed by atoms with Gasteiger partial charge in [-0.2, -0.15) is 0 Å². The van der Waals surface area contributed by atoms with Crippen LogP contribution in [0, 0.1) is 24.4 Å². The molecule has 0 aliphatic rings. The molecule has 0 spiro atoms. The van der Waals surface area contributed by atoms with Gasteiger partial charge < -0.3 is 0 Å². The smallest absolute Gasteiger partial charge is 0.206 e. The minimum absolute atomic E-state index is 0.140. The molecule has 0 aliphatic carbocycles. The zero-order valence-electron chi connectivity index (χ0n) is 18.1. The third-order valence-corrected chi connectivity index (χ3v) is 5.49. The number of hydrogen-bond donors (Lipinski definition) is 0. The summed E-state index contributed by atoms with van der Waals surface area (Å²) in [5.41, 5.74) is 1.87. The van der Waals surface area contributed by atoms with Gasteiger partial charge in [-0.1, -0.05) is 74.0 Å². The van der Waals surface area contributed by atoms with E-state index in [1.54, 1.807) is 36.4 Å². The molecule has 0 N–H and O–H groups in total. The van der Waals surface area contributed by atoms with Crippen LogP contribution in [-0.2, 0) is 12.8 Å². The average molecular weight is 444 g/mol. The number of allylic oxidation sites excluding steroid dienone is 1. The predicted octanol–water partition coefficient (Wildman–Crippen LogP) is 8.62. The molecule has 0 atom stereocenters. The van der Waals surface area contributed by atoms with Crippen LogP contribution in [0.4, 0.5) is 22.0 Å². The van der Waals surface area contributed by atoms with Crippen LogP contribution in [0.1, 0.15) is 54.0 Å². The largest absolute Gasteiger partial charge is 0.266 e. The lowest BCUT2D eigenvalue weighted by Gasteiger charge is -2.11. The maximum Gasteiger partial charge on any atom is 0.266 e. The molecule has 0 heterocycles. The third-order valence-electron chi connectivity index (χ3n) is 5.49. The summed E-state index contributed by atoms with van der Waals surface area (Å²) < 4.78 is 69.1. The SMILES string of the molecule is CCCc1ccc(C=CCCc2ccc(-c3ccc(C)c(C(F)F)c3F)cc2)c(F)c1F. The zero-order chi connectivity index (χ0) is 23.3. The lowest BCUT2D eigenvalue weighted by atomic mass is 9.97. The van der Waals surface area contributed by atoms with Gasteiger partial charge in [0, 0.05) is 11.1 Å². The van der Waals surface area contributed by atoms with Crippen molar-refractivity contribution in [1.82, 2.24) is 0 Å². The first-order chi connectivity index (χ1) is 15.3. The first kappa shape index (κ1) is 23.7. The molecule has 0 saturated heterocycles. The summed E-state index contributed by atoms with van der Waals surface area (Å²) in [6.45, 7) is 3.38. The Balaban J connectivity index is 1.66. The normalized spacial score (nSPS) is 11.6. The maximum atomic E-state index is 14.6. The van der Waals surface area contributed by atoms with Crippen LogP contribution in [0.25, 0.3) is 17.2 Å². The second kappa shape index (κ2) is 10.6. The van der Waals surface area contributed by atoms with Crippen LogP contribution >= 0.6 is 0 Å². The molecule has 0 unspecified atom stereocenters. The Morgan fingerprint density at radius 3 is 2.19 bits per heavy atom. The van der Waals surface area contributed by atoms with Crippen molar-refractivity contribution in [2.75, 3.05) is 0 Å². The average Bonchev–Trinajstić information content (AvgIpc) is 2.76. The molecule has 3 aromatic rings. The molecule has 0 fully saturated rings. The van der Waals surface area contributed by atoms with E-state index in [9.17, 15) is 22.0 Å². The van der Waals surface area contributed by atoms with Gasteiger partial charge in [0.05, 0.1) is 5.56 Å². The molecule has 0 nitrogen and oxygen atoms in total. The Labute approximate surface area is 185 Å². The predicted molar refractivity (Wildman–Crippen MR) is 119 cm³/mol. The van der Waals surface area contributed by atoms with Crippen molar-refractivity contribution in [3.63, 3.8) is 0 Å². The number of benzene rings is 3. The number of hydrogen-bond acceptors (Lipinski definition) is 0. The number of aryl methyl sites for hydroxylation is 3. The van der Waals surface area contributed by atoms with Crippen molar-refractivity contribution in [3.05, 3.63) is 99.9 Å². The minimum Gasteiger partial charge on any atom is -0.206 e. The lowest BCUT2D eigenvalue weighted by Crippen LogP contribution is -1.98. The monoisotopic (exact) mass is 444 g/mol.